The summed E-state index contributed by atoms with van der Waals surface area (Å²) in [7, 11) is 1.57. The van der Waals surface area contributed by atoms with Crippen LogP contribution in [0.2, 0.25) is 0 Å². The Bertz CT molecular complexity index is 373. The van der Waals surface area contributed by atoms with E-state index in [0.717, 1.165) is 0 Å². The van der Waals surface area contributed by atoms with E-state index in [1.165, 1.54) is 4.90 Å². The Morgan fingerprint density at radius 2 is 2.29 bits per heavy atom. The molecule has 1 heterocycles. The van der Waals surface area contributed by atoms with Gasteiger partial charge < -0.3 is 14.7 Å². The van der Waals surface area contributed by atoms with Gasteiger partial charge >= 0.3 is 0 Å². The maximum absolute atomic E-state index is 12.1. The number of carbonyl (C=O) groups is 1. The molecule has 0 aliphatic carbocycles. The molecule has 0 atom stereocenters. The van der Waals surface area contributed by atoms with Crippen LogP contribution in [0.4, 0.5) is 0 Å². The predicted octanol–water partition coefficient (Wildman–Crippen LogP) is 0.925. The number of ether oxygens (including phenoxy) is 1. The summed E-state index contributed by atoms with van der Waals surface area (Å²) in [4.78, 5) is 17.7. The van der Waals surface area contributed by atoms with E-state index in [1.54, 1.807) is 25.3 Å². The molecule has 94 valence electrons. The molecule has 1 amide bonds. The summed E-state index contributed by atoms with van der Waals surface area (Å²) in [6, 6.07) is 5.14. The van der Waals surface area contributed by atoms with E-state index >= 15 is 0 Å². The molecule has 17 heavy (non-hydrogen) atoms. The lowest BCUT2D eigenvalue weighted by molar-refractivity contribution is 0.0650. The highest BCUT2D eigenvalue weighted by Crippen LogP contribution is 2.08. The number of methoxy groups -OCH3 is 1. The third-order valence-electron chi connectivity index (χ3n) is 2.16. The molecule has 1 rings (SSSR count). The lowest BCUT2D eigenvalue weighted by Crippen LogP contribution is -2.36. The number of aliphatic hydroxyl groups excluding tert-OH is 1. The number of aliphatic hydroxyl groups is 1. The summed E-state index contributed by atoms with van der Waals surface area (Å²) in [6.45, 7) is 1.06. The van der Waals surface area contributed by atoms with Crippen molar-refractivity contribution in [1.29, 1.82) is 0 Å². The molecule has 1 aromatic rings. The highest BCUT2D eigenvalue weighted by molar-refractivity contribution is 9.10. The first-order valence-corrected chi connectivity index (χ1v) is 6.00. The topological polar surface area (TPSA) is 62.7 Å². The summed E-state index contributed by atoms with van der Waals surface area (Å²) >= 11 is 3.22. The number of rotatable bonds is 6. The van der Waals surface area contributed by atoms with Crippen LogP contribution in [0.5, 0.6) is 0 Å². The third kappa shape index (κ3) is 4.41. The summed E-state index contributed by atoms with van der Waals surface area (Å²) in [6.07, 6.45) is 0. The third-order valence-corrected chi connectivity index (χ3v) is 2.60. The highest BCUT2D eigenvalue weighted by atomic mass is 79.9. The van der Waals surface area contributed by atoms with E-state index in [1.807, 2.05) is 0 Å². The van der Waals surface area contributed by atoms with Gasteiger partial charge in [-0.15, -0.1) is 0 Å². The normalized spacial score (nSPS) is 10.3. The molecule has 0 aliphatic heterocycles. The van der Waals surface area contributed by atoms with Crippen molar-refractivity contribution >= 4 is 21.8 Å². The molecule has 0 spiro atoms. The first-order chi connectivity index (χ1) is 8.19. The molecular weight excluding hydrogens is 288 g/mol. The lowest BCUT2D eigenvalue weighted by Gasteiger charge is -2.20. The molecule has 0 unspecified atom stereocenters. The minimum absolute atomic E-state index is 0.0799. The molecule has 0 radical (unpaired) electrons. The largest absolute Gasteiger partial charge is 0.395 e. The van der Waals surface area contributed by atoms with Gasteiger partial charge in [-0.2, -0.15) is 0 Å². The first kappa shape index (κ1) is 14.1. The van der Waals surface area contributed by atoms with Gasteiger partial charge in [0.2, 0.25) is 0 Å². The number of nitrogens with zero attached hydrogens (tertiary/aromatic N) is 2. The second-order valence-corrected chi connectivity index (χ2v) is 4.17. The minimum Gasteiger partial charge on any atom is -0.395 e. The van der Waals surface area contributed by atoms with Crippen LogP contribution in [0, 0.1) is 0 Å². The molecule has 5 nitrogen and oxygen atoms in total. The van der Waals surface area contributed by atoms with Gasteiger partial charge in [-0.3, -0.25) is 4.79 Å². The fourth-order valence-electron chi connectivity index (χ4n) is 1.33. The minimum atomic E-state index is -0.211. The van der Waals surface area contributed by atoms with Crippen LogP contribution in [-0.2, 0) is 4.74 Å². The standard InChI is InChI=1S/C11H15BrN2O3/c1-17-8-6-14(5-7-15)11(16)9-3-2-4-10(12)13-9/h2-4,15H,5-8H2,1H3. The second-order valence-electron chi connectivity index (χ2n) is 3.35. The van der Waals surface area contributed by atoms with Crippen molar-refractivity contribution in [2.45, 2.75) is 0 Å². The van der Waals surface area contributed by atoms with E-state index in [2.05, 4.69) is 20.9 Å². The van der Waals surface area contributed by atoms with Crippen molar-refractivity contribution in [3.8, 4) is 0 Å². The van der Waals surface area contributed by atoms with E-state index in [0.29, 0.717) is 23.4 Å². The Labute approximate surface area is 109 Å². The first-order valence-electron chi connectivity index (χ1n) is 5.20. The number of hydrogen-bond donors (Lipinski definition) is 1. The zero-order chi connectivity index (χ0) is 12.7. The van der Waals surface area contributed by atoms with Crippen molar-refractivity contribution in [1.82, 2.24) is 9.88 Å². The number of halogens is 1. The Morgan fingerprint density at radius 1 is 1.53 bits per heavy atom. The number of amides is 1. The maximum atomic E-state index is 12.1. The Morgan fingerprint density at radius 3 is 2.88 bits per heavy atom. The van der Waals surface area contributed by atoms with Crippen LogP contribution in [0.25, 0.3) is 0 Å². The molecule has 0 saturated carbocycles. The highest BCUT2D eigenvalue weighted by Gasteiger charge is 2.16. The van der Waals surface area contributed by atoms with Crippen LogP contribution >= 0.6 is 15.9 Å². The fourth-order valence-corrected chi connectivity index (χ4v) is 1.67. The molecule has 0 aromatic carbocycles. The molecule has 0 aliphatic rings. The van der Waals surface area contributed by atoms with Gasteiger partial charge in [0.25, 0.3) is 5.91 Å². The van der Waals surface area contributed by atoms with E-state index in [-0.39, 0.29) is 19.1 Å². The summed E-state index contributed by atoms with van der Waals surface area (Å²) < 4.78 is 5.53. The smallest absolute Gasteiger partial charge is 0.272 e. The van der Waals surface area contributed by atoms with Crippen molar-refractivity contribution in [3.05, 3.63) is 28.5 Å². The predicted molar refractivity (Wildman–Crippen MR) is 66.8 cm³/mol. The average molecular weight is 303 g/mol. The van der Waals surface area contributed by atoms with Crippen LogP contribution < -0.4 is 0 Å². The van der Waals surface area contributed by atoms with E-state index < -0.39 is 0 Å². The number of aromatic nitrogens is 1. The van der Waals surface area contributed by atoms with Crippen molar-refractivity contribution in [2.24, 2.45) is 0 Å². The van der Waals surface area contributed by atoms with Gasteiger partial charge in [0.15, 0.2) is 0 Å². The van der Waals surface area contributed by atoms with E-state index in [9.17, 15) is 4.79 Å². The van der Waals surface area contributed by atoms with Crippen molar-refractivity contribution in [3.63, 3.8) is 0 Å². The van der Waals surface area contributed by atoms with Gasteiger partial charge in [-0.25, -0.2) is 4.98 Å². The maximum Gasteiger partial charge on any atom is 0.272 e. The number of carbonyl (C=O) groups excluding carboxylic acids is 1. The molecule has 1 aromatic heterocycles. The van der Waals surface area contributed by atoms with E-state index in [4.69, 9.17) is 9.84 Å². The van der Waals surface area contributed by atoms with Crippen LogP contribution in [0.15, 0.2) is 22.8 Å². The zero-order valence-electron chi connectivity index (χ0n) is 9.60. The van der Waals surface area contributed by atoms with Gasteiger partial charge in [-0.05, 0) is 28.1 Å². The molecule has 1 N–H and O–H groups in total. The summed E-state index contributed by atoms with van der Waals surface area (Å²) in [5, 5.41) is 8.92. The van der Waals surface area contributed by atoms with Crippen LogP contribution in [0.3, 0.4) is 0 Å². The molecule has 6 heteroatoms. The summed E-state index contributed by atoms with van der Waals surface area (Å²) in [5.41, 5.74) is 0.351. The monoisotopic (exact) mass is 302 g/mol. The molecule has 0 bridgehead atoms. The summed E-state index contributed by atoms with van der Waals surface area (Å²) in [5.74, 6) is -0.211. The molecule has 0 saturated heterocycles. The second kappa shape index (κ2) is 7.37. The van der Waals surface area contributed by atoms with Crippen LogP contribution in [0.1, 0.15) is 10.5 Å². The number of hydrogen-bond acceptors (Lipinski definition) is 4. The zero-order valence-corrected chi connectivity index (χ0v) is 11.2. The van der Waals surface area contributed by atoms with Crippen molar-refractivity contribution in [2.75, 3.05) is 33.4 Å². The van der Waals surface area contributed by atoms with Gasteiger partial charge in [0.1, 0.15) is 10.3 Å². The number of pyridine rings is 1. The van der Waals surface area contributed by atoms with Gasteiger partial charge in [-0.1, -0.05) is 6.07 Å². The van der Waals surface area contributed by atoms with Crippen LogP contribution in [-0.4, -0.2) is 54.3 Å². The fraction of sp³-hybridized carbons (Fsp3) is 0.455. The Kier molecular flexibility index (Phi) is 6.10. The van der Waals surface area contributed by atoms with Crippen molar-refractivity contribution < 1.29 is 14.6 Å². The van der Waals surface area contributed by atoms with Gasteiger partial charge in [0, 0.05) is 20.2 Å². The quantitative estimate of drug-likeness (QED) is 0.794. The lowest BCUT2D eigenvalue weighted by atomic mass is 10.3. The Balaban J connectivity index is 2.76. The SMILES string of the molecule is COCCN(CCO)C(=O)c1cccc(Br)n1. The average Bonchev–Trinajstić information content (AvgIpc) is 2.33. The molecule has 0 fully saturated rings. The van der Waals surface area contributed by atoms with Gasteiger partial charge in [0.05, 0.1) is 13.2 Å². The Hall–Kier alpha value is -0.980. The molecular formula is C11H15BrN2O3.